The molecule has 0 saturated carbocycles. The molecule has 20 heavy (non-hydrogen) atoms. The molecule has 4 nitrogen and oxygen atoms in total. The standard InChI is InChI=1S/C16H27N3O/c1-5-7-8-12(3)19-16(20)14-11-18-13(4)10-15(14)17-9-6-2/h10-12H,5-9H2,1-4H3,(H,17,18)(H,19,20). The molecule has 0 aliphatic heterocycles. The molecule has 2 N–H and O–H groups in total. The van der Waals surface area contributed by atoms with Gasteiger partial charge in [-0.2, -0.15) is 0 Å². The van der Waals surface area contributed by atoms with Crippen LogP contribution in [0.25, 0.3) is 0 Å². The lowest BCUT2D eigenvalue weighted by Gasteiger charge is -2.16. The van der Waals surface area contributed by atoms with Crippen LogP contribution in [0.2, 0.25) is 0 Å². The monoisotopic (exact) mass is 277 g/mol. The van der Waals surface area contributed by atoms with E-state index in [0.29, 0.717) is 5.56 Å². The van der Waals surface area contributed by atoms with E-state index in [1.165, 1.54) is 0 Å². The summed E-state index contributed by atoms with van der Waals surface area (Å²) in [6.07, 6.45) is 5.98. The minimum atomic E-state index is -0.0419. The SMILES string of the molecule is CCCCC(C)NC(=O)c1cnc(C)cc1NCCC. The quantitative estimate of drug-likeness (QED) is 0.764. The van der Waals surface area contributed by atoms with E-state index in [2.05, 4.69) is 29.5 Å². The van der Waals surface area contributed by atoms with E-state index < -0.39 is 0 Å². The van der Waals surface area contributed by atoms with Gasteiger partial charge in [-0.05, 0) is 32.8 Å². The first-order valence-electron chi connectivity index (χ1n) is 7.59. The van der Waals surface area contributed by atoms with Gasteiger partial charge in [0.1, 0.15) is 0 Å². The number of hydrogen-bond acceptors (Lipinski definition) is 3. The van der Waals surface area contributed by atoms with Gasteiger partial charge in [-0.1, -0.05) is 26.7 Å². The van der Waals surface area contributed by atoms with Crippen LogP contribution in [0.5, 0.6) is 0 Å². The number of nitrogens with zero attached hydrogens (tertiary/aromatic N) is 1. The Kier molecular flexibility index (Phi) is 7.05. The first-order chi connectivity index (χ1) is 9.58. The van der Waals surface area contributed by atoms with Crippen molar-refractivity contribution in [3.05, 3.63) is 23.5 Å². The zero-order valence-corrected chi connectivity index (χ0v) is 13.1. The summed E-state index contributed by atoms with van der Waals surface area (Å²) >= 11 is 0. The third-order valence-corrected chi connectivity index (χ3v) is 3.22. The van der Waals surface area contributed by atoms with Crippen molar-refractivity contribution in [1.29, 1.82) is 0 Å². The predicted molar refractivity (Wildman–Crippen MR) is 84.2 cm³/mol. The van der Waals surface area contributed by atoms with E-state index in [-0.39, 0.29) is 11.9 Å². The van der Waals surface area contributed by atoms with Crippen molar-refractivity contribution in [2.24, 2.45) is 0 Å². The number of unbranched alkanes of at least 4 members (excludes halogenated alkanes) is 1. The Bertz CT molecular complexity index is 432. The highest BCUT2D eigenvalue weighted by atomic mass is 16.1. The lowest BCUT2D eigenvalue weighted by Crippen LogP contribution is -2.33. The minimum absolute atomic E-state index is 0.0419. The molecule has 1 atom stereocenters. The number of aryl methyl sites for hydroxylation is 1. The average Bonchev–Trinajstić information content (AvgIpc) is 2.42. The van der Waals surface area contributed by atoms with Crippen LogP contribution in [0.1, 0.15) is 62.5 Å². The van der Waals surface area contributed by atoms with Gasteiger partial charge in [-0.3, -0.25) is 9.78 Å². The molecule has 4 heteroatoms. The molecule has 0 fully saturated rings. The smallest absolute Gasteiger partial charge is 0.255 e. The van der Waals surface area contributed by atoms with Gasteiger partial charge in [0.2, 0.25) is 0 Å². The molecule has 0 aromatic carbocycles. The maximum atomic E-state index is 12.3. The van der Waals surface area contributed by atoms with E-state index in [1.54, 1.807) is 6.20 Å². The molecule has 1 amide bonds. The molecule has 1 heterocycles. The second kappa shape index (κ2) is 8.56. The zero-order valence-electron chi connectivity index (χ0n) is 13.1. The molecule has 112 valence electrons. The van der Waals surface area contributed by atoms with Crippen LogP contribution in [0.3, 0.4) is 0 Å². The summed E-state index contributed by atoms with van der Waals surface area (Å²) in [6.45, 7) is 9.10. The number of carbonyl (C=O) groups is 1. The molecule has 1 unspecified atom stereocenters. The zero-order chi connectivity index (χ0) is 15.0. The van der Waals surface area contributed by atoms with Crippen LogP contribution in [0, 0.1) is 6.92 Å². The van der Waals surface area contributed by atoms with Gasteiger partial charge < -0.3 is 10.6 Å². The predicted octanol–water partition coefficient (Wildman–Crippen LogP) is 3.52. The number of nitrogens with one attached hydrogen (secondary N) is 2. The van der Waals surface area contributed by atoms with Crippen LogP contribution >= 0.6 is 0 Å². The van der Waals surface area contributed by atoms with Gasteiger partial charge in [0.15, 0.2) is 0 Å². The van der Waals surface area contributed by atoms with Gasteiger partial charge >= 0.3 is 0 Å². The van der Waals surface area contributed by atoms with Crippen LogP contribution in [-0.2, 0) is 0 Å². The Balaban J connectivity index is 2.75. The van der Waals surface area contributed by atoms with Gasteiger partial charge in [0.25, 0.3) is 5.91 Å². The summed E-state index contributed by atoms with van der Waals surface area (Å²) in [5, 5.41) is 6.35. The summed E-state index contributed by atoms with van der Waals surface area (Å²) in [5.74, 6) is -0.0419. The Morgan fingerprint density at radius 2 is 2.10 bits per heavy atom. The van der Waals surface area contributed by atoms with Crippen LogP contribution in [-0.4, -0.2) is 23.5 Å². The second-order valence-electron chi connectivity index (χ2n) is 5.31. The normalized spacial score (nSPS) is 12.0. The Labute approximate surface area is 122 Å². The summed E-state index contributed by atoms with van der Waals surface area (Å²) < 4.78 is 0. The maximum absolute atomic E-state index is 12.3. The molecule has 0 aliphatic carbocycles. The molecule has 1 aromatic heterocycles. The fraction of sp³-hybridized carbons (Fsp3) is 0.625. The molecule has 1 aromatic rings. The van der Waals surface area contributed by atoms with Crippen LogP contribution in [0.4, 0.5) is 5.69 Å². The summed E-state index contributed by atoms with van der Waals surface area (Å²) in [6, 6.07) is 2.13. The van der Waals surface area contributed by atoms with E-state index in [1.807, 2.05) is 19.9 Å². The van der Waals surface area contributed by atoms with Crippen molar-refractivity contribution in [1.82, 2.24) is 10.3 Å². The topological polar surface area (TPSA) is 54.0 Å². The molecule has 1 rings (SSSR count). The maximum Gasteiger partial charge on any atom is 0.255 e. The van der Waals surface area contributed by atoms with Gasteiger partial charge in [-0.15, -0.1) is 0 Å². The Morgan fingerprint density at radius 1 is 1.35 bits per heavy atom. The number of pyridine rings is 1. The van der Waals surface area contributed by atoms with E-state index in [0.717, 1.165) is 43.6 Å². The van der Waals surface area contributed by atoms with Gasteiger partial charge in [-0.25, -0.2) is 0 Å². The molecule has 0 radical (unpaired) electrons. The highest BCUT2D eigenvalue weighted by Crippen LogP contribution is 2.16. The van der Waals surface area contributed by atoms with Crippen molar-refractivity contribution in [3.63, 3.8) is 0 Å². The minimum Gasteiger partial charge on any atom is -0.384 e. The number of carbonyl (C=O) groups excluding carboxylic acids is 1. The number of anilines is 1. The second-order valence-corrected chi connectivity index (χ2v) is 5.31. The highest BCUT2D eigenvalue weighted by molar-refractivity contribution is 5.99. The highest BCUT2D eigenvalue weighted by Gasteiger charge is 2.14. The van der Waals surface area contributed by atoms with Gasteiger partial charge in [0.05, 0.1) is 11.3 Å². The van der Waals surface area contributed by atoms with Crippen molar-refractivity contribution >= 4 is 11.6 Å². The van der Waals surface area contributed by atoms with E-state index in [4.69, 9.17) is 0 Å². The molecule has 0 bridgehead atoms. The third kappa shape index (κ3) is 5.19. The fourth-order valence-corrected chi connectivity index (χ4v) is 2.03. The number of rotatable bonds is 8. The van der Waals surface area contributed by atoms with Crippen molar-refractivity contribution in [2.75, 3.05) is 11.9 Å². The molecule has 0 saturated heterocycles. The molecular formula is C16H27N3O. The summed E-state index contributed by atoms with van der Waals surface area (Å²) in [5.41, 5.74) is 2.42. The third-order valence-electron chi connectivity index (χ3n) is 3.22. The van der Waals surface area contributed by atoms with Crippen molar-refractivity contribution < 1.29 is 4.79 Å². The largest absolute Gasteiger partial charge is 0.384 e. The molecule has 0 aliphatic rings. The molecule has 0 spiro atoms. The first kappa shape index (κ1) is 16.5. The van der Waals surface area contributed by atoms with Crippen molar-refractivity contribution in [2.45, 2.75) is 59.4 Å². The van der Waals surface area contributed by atoms with E-state index >= 15 is 0 Å². The van der Waals surface area contributed by atoms with E-state index in [9.17, 15) is 4.79 Å². The van der Waals surface area contributed by atoms with Gasteiger partial charge in [0, 0.05) is 24.5 Å². The lowest BCUT2D eigenvalue weighted by atomic mass is 10.1. The average molecular weight is 277 g/mol. The summed E-state index contributed by atoms with van der Waals surface area (Å²) in [4.78, 5) is 16.6. The number of hydrogen-bond donors (Lipinski definition) is 2. The van der Waals surface area contributed by atoms with Crippen molar-refractivity contribution in [3.8, 4) is 0 Å². The summed E-state index contributed by atoms with van der Waals surface area (Å²) in [7, 11) is 0. The van der Waals surface area contributed by atoms with Crippen LogP contribution < -0.4 is 10.6 Å². The van der Waals surface area contributed by atoms with Crippen LogP contribution in [0.15, 0.2) is 12.3 Å². The molecular weight excluding hydrogens is 250 g/mol. The number of amides is 1. The lowest BCUT2D eigenvalue weighted by molar-refractivity contribution is 0.0938. The fourth-order valence-electron chi connectivity index (χ4n) is 2.03. The number of aromatic nitrogens is 1. The first-order valence-corrected chi connectivity index (χ1v) is 7.59. The Hall–Kier alpha value is -1.58. The Morgan fingerprint density at radius 3 is 2.75 bits per heavy atom.